The van der Waals surface area contributed by atoms with E-state index in [2.05, 4.69) is 19.2 Å². The van der Waals surface area contributed by atoms with E-state index in [1.54, 1.807) is 7.11 Å². The lowest BCUT2D eigenvalue weighted by Crippen LogP contribution is -2.28. The van der Waals surface area contributed by atoms with Crippen LogP contribution in [-0.4, -0.2) is 13.7 Å². The summed E-state index contributed by atoms with van der Waals surface area (Å²) in [6.45, 7) is 5.33. The Kier molecular flexibility index (Phi) is 4.99. The van der Waals surface area contributed by atoms with E-state index in [4.69, 9.17) is 27.9 Å². The third-order valence-electron chi connectivity index (χ3n) is 3.92. The molecule has 1 saturated carbocycles. The van der Waals surface area contributed by atoms with Crippen molar-refractivity contribution < 1.29 is 4.74 Å². The Bertz CT molecular complexity index is 446. The molecule has 4 heteroatoms. The highest BCUT2D eigenvalue weighted by molar-refractivity contribution is 6.34. The number of rotatable bonds is 6. The summed E-state index contributed by atoms with van der Waals surface area (Å²) in [5.41, 5.74) is 1.08. The van der Waals surface area contributed by atoms with Gasteiger partial charge in [-0.15, -0.1) is 0 Å². The molecule has 0 aromatic heterocycles. The molecule has 0 bridgehead atoms. The van der Waals surface area contributed by atoms with Gasteiger partial charge in [0.1, 0.15) is 5.75 Å². The zero-order valence-electron chi connectivity index (χ0n) is 11.7. The van der Waals surface area contributed by atoms with Gasteiger partial charge in [0.25, 0.3) is 0 Å². The van der Waals surface area contributed by atoms with E-state index in [-0.39, 0.29) is 6.04 Å². The van der Waals surface area contributed by atoms with Crippen LogP contribution in [0.1, 0.15) is 38.3 Å². The van der Waals surface area contributed by atoms with Crippen molar-refractivity contribution in [1.29, 1.82) is 0 Å². The Hall–Kier alpha value is -0.440. The standard InChI is InChI=1S/C15H21Cl2NO/c1-4-18-15(9(2)10-5-6-10)11-7-13(17)14(19-3)8-12(11)16/h7-10,15,18H,4-6H2,1-3H3. The number of hydrogen-bond donors (Lipinski definition) is 1. The summed E-state index contributed by atoms with van der Waals surface area (Å²) in [7, 11) is 1.60. The quantitative estimate of drug-likeness (QED) is 0.822. The first-order valence-corrected chi connectivity index (χ1v) is 7.60. The third-order valence-corrected chi connectivity index (χ3v) is 4.54. The van der Waals surface area contributed by atoms with Gasteiger partial charge in [-0.2, -0.15) is 0 Å². The summed E-state index contributed by atoms with van der Waals surface area (Å²) in [6, 6.07) is 4.01. The van der Waals surface area contributed by atoms with Crippen LogP contribution in [-0.2, 0) is 0 Å². The average Bonchev–Trinajstić information content (AvgIpc) is 3.22. The van der Waals surface area contributed by atoms with Crippen molar-refractivity contribution in [3.8, 4) is 5.75 Å². The zero-order valence-corrected chi connectivity index (χ0v) is 13.2. The summed E-state index contributed by atoms with van der Waals surface area (Å²) in [5, 5.41) is 4.88. The minimum atomic E-state index is 0.258. The molecule has 0 amide bonds. The van der Waals surface area contributed by atoms with Gasteiger partial charge in [0, 0.05) is 17.1 Å². The van der Waals surface area contributed by atoms with Crippen LogP contribution in [0.5, 0.6) is 5.75 Å². The number of benzene rings is 1. The van der Waals surface area contributed by atoms with E-state index < -0.39 is 0 Å². The van der Waals surface area contributed by atoms with Gasteiger partial charge in [-0.1, -0.05) is 37.0 Å². The molecule has 0 radical (unpaired) electrons. The number of methoxy groups -OCH3 is 1. The van der Waals surface area contributed by atoms with Crippen LogP contribution in [0.25, 0.3) is 0 Å². The van der Waals surface area contributed by atoms with E-state index >= 15 is 0 Å². The van der Waals surface area contributed by atoms with Crippen molar-refractivity contribution in [1.82, 2.24) is 5.32 Å². The lowest BCUT2D eigenvalue weighted by atomic mass is 9.90. The van der Waals surface area contributed by atoms with Gasteiger partial charge in [-0.25, -0.2) is 0 Å². The van der Waals surface area contributed by atoms with E-state index in [0.29, 0.717) is 16.7 Å². The maximum atomic E-state index is 6.40. The van der Waals surface area contributed by atoms with Gasteiger partial charge in [-0.05, 0) is 42.9 Å². The van der Waals surface area contributed by atoms with Crippen LogP contribution in [0.15, 0.2) is 12.1 Å². The van der Waals surface area contributed by atoms with Crippen LogP contribution in [0, 0.1) is 11.8 Å². The highest BCUT2D eigenvalue weighted by Gasteiger charge is 2.34. The maximum absolute atomic E-state index is 6.40. The fraction of sp³-hybridized carbons (Fsp3) is 0.600. The molecule has 1 aliphatic rings. The molecule has 106 valence electrons. The van der Waals surface area contributed by atoms with Crippen molar-refractivity contribution >= 4 is 23.2 Å². The van der Waals surface area contributed by atoms with Crippen LogP contribution in [0.4, 0.5) is 0 Å². The molecule has 0 saturated heterocycles. The van der Waals surface area contributed by atoms with Gasteiger partial charge >= 0.3 is 0 Å². The maximum Gasteiger partial charge on any atom is 0.138 e. The van der Waals surface area contributed by atoms with Crippen LogP contribution in [0.2, 0.25) is 10.0 Å². The summed E-state index contributed by atoms with van der Waals surface area (Å²) in [4.78, 5) is 0. The highest BCUT2D eigenvalue weighted by Crippen LogP contribution is 2.45. The molecule has 2 nitrogen and oxygen atoms in total. The lowest BCUT2D eigenvalue weighted by Gasteiger charge is -2.26. The predicted octanol–water partition coefficient (Wildman–Crippen LogP) is 4.70. The largest absolute Gasteiger partial charge is 0.495 e. The Morgan fingerprint density at radius 3 is 2.53 bits per heavy atom. The van der Waals surface area contributed by atoms with Crippen molar-refractivity contribution in [3.63, 3.8) is 0 Å². The molecule has 1 aromatic carbocycles. The summed E-state index contributed by atoms with van der Waals surface area (Å²) in [6.07, 6.45) is 2.65. The Balaban J connectivity index is 2.32. The summed E-state index contributed by atoms with van der Waals surface area (Å²) >= 11 is 12.6. The van der Waals surface area contributed by atoms with Crippen molar-refractivity contribution in [2.45, 2.75) is 32.7 Å². The molecule has 1 fully saturated rings. The molecule has 2 unspecified atom stereocenters. The first kappa shape index (κ1) is 15.0. The van der Waals surface area contributed by atoms with Gasteiger partial charge in [0.05, 0.1) is 12.1 Å². The number of halogens is 2. The summed E-state index contributed by atoms with van der Waals surface area (Å²) in [5.74, 6) is 2.01. The minimum absolute atomic E-state index is 0.258. The average molecular weight is 302 g/mol. The lowest BCUT2D eigenvalue weighted by molar-refractivity contribution is 0.354. The molecule has 2 atom stereocenters. The number of hydrogen-bond acceptors (Lipinski definition) is 2. The fourth-order valence-corrected chi connectivity index (χ4v) is 3.15. The van der Waals surface area contributed by atoms with Gasteiger partial charge < -0.3 is 10.1 Å². The molecule has 1 N–H and O–H groups in total. The SMILES string of the molecule is CCNC(c1cc(Cl)c(OC)cc1Cl)C(C)C1CC1. The second kappa shape index (κ2) is 6.34. The Morgan fingerprint density at radius 2 is 2.00 bits per heavy atom. The second-order valence-electron chi connectivity index (χ2n) is 5.24. The van der Waals surface area contributed by atoms with Crippen molar-refractivity contribution in [2.24, 2.45) is 11.8 Å². The third kappa shape index (κ3) is 3.36. The predicted molar refractivity (Wildman–Crippen MR) is 81.3 cm³/mol. The molecule has 1 aliphatic carbocycles. The Morgan fingerprint density at radius 1 is 1.32 bits per heavy atom. The highest BCUT2D eigenvalue weighted by atomic mass is 35.5. The molecule has 0 spiro atoms. The monoisotopic (exact) mass is 301 g/mol. The minimum Gasteiger partial charge on any atom is -0.495 e. The van der Waals surface area contributed by atoms with Crippen molar-refractivity contribution in [2.75, 3.05) is 13.7 Å². The second-order valence-corrected chi connectivity index (χ2v) is 6.05. The molecule has 1 aromatic rings. The van der Waals surface area contributed by atoms with E-state index in [0.717, 1.165) is 23.0 Å². The molecule has 0 heterocycles. The number of nitrogens with one attached hydrogen (secondary N) is 1. The first-order valence-electron chi connectivity index (χ1n) is 6.84. The van der Waals surface area contributed by atoms with E-state index in [1.165, 1.54) is 12.8 Å². The van der Waals surface area contributed by atoms with Gasteiger partial charge in [-0.3, -0.25) is 0 Å². The van der Waals surface area contributed by atoms with E-state index in [9.17, 15) is 0 Å². The molecule has 19 heavy (non-hydrogen) atoms. The topological polar surface area (TPSA) is 21.3 Å². The van der Waals surface area contributed by atoms with Crippen LogP contribution in [0.3, 0.4) is 0 Å². The fourth-order valence-electron chi connectivity index (χ4n) is 2.63. The molecular weight excluding hydrogens is 281 g/mol. The van der Waals surface area contributed by atoms with Crippen molar-refractivity contribution in [3.05, 3.63) is 27.7 Å². The smallest absolute Gasteiger partial charge is 0.138 e. The van der Waals surface area contributed by atoms with Gasteiger partial charge in [0.2, 0.25) is 0 Å². The Labute approximate surface area is 125 Å². The van der Waals surface area contributed by atoms with Crippen LogP contribution >= 0.6 is 23.2 Å². The molecule has 0 aliphatic heterocycles. The van der Waals surface area contributed by atoms with Gasteiger partial charge in [0.15, 0.2) is 0 Å². The normalized spacial score (nSPS) is 18.2. The van der Waals surface area contributed by atoms with E-state index in [1.807, 2.05) is 12.1 Å². The van der Waals surface area contributed by atoms with Crippen LogP contribution < -0.4 is 10.1 Å². The number of ether oxygens (including phenoxy) is 1. The summed E-state index contributed by atoms with van der Waals surface area (Å²) < 4.78 is 5.20. The molecular formula is C15H21Cl2NO. The zero-order chi connectivity index (χ0) is 14.0. The molecule has 2 rings (SSSR count). The first-order chi connectivity index (χ1) is 9.08.